The van der Waals surface area contributed by atoms with Crippen LogP contribution in [0, 0.1) is 0 Å². The Morgan fingerprint density at radius 3 is 2.61 bits per heavy atom. The molecule has 5 rings (SSSR count). The van der Waals surface area contributed by atoms with Crippen LogP contribution in [-0.4, -0.2) is 38.5 Å². The van der Waals surface area contributed by atoms with Gasteiger partial charge < -0.3 is 21.3 Å². The summed E-state index contributed by atoms with van der Waals surface area (Å²) in [6, 6.07) is 9.97. The van der Waals surface area contributed by atoms with E-state index in [0.717, 1.165) is 25.0 Å². The van der Waals surface area contributed by atoms with Crippen LogP contribution in [-0.2, 0) is 6.18 Å². The van der Waals surface area contributed by atoms with E-state index in [-0.39, 0.29) is 11.3 Å². The van der Waals surface area contributed by atoms with E-state index in [4.69, 9.17) is 11.6 Å². The molecule has 0 aliphatic heterocycles. The average molecular weight is 543 g/mol. The monoisotopic (exact) mass is 542 g/mol. The number of anilines is 5. The summed E-state index contributed by atoms with van der Waals surface area (Å²) in [6.45, 7) is 0. The predicted molar refractivity (Wildman–Crippen MR) is 139 cm³/mol. The number of halogens is 4. The van der Waals surface area contributed by atoms with Crippen molar-refractivity contribution in [3.8, 4) is 5.82 Å². The van der Waals surface area contributed by atoms with Crippen LogP contribution in [0.2, 0.25) is 5.02 Å². The molecule has 2 aromatic heterocycles. The predicted octanol–water partition coefficient (Wildman–Crippen LogP) is 5.95. The summed E-state index contributed by atoms with van der Waals surface area (Å²) in [5, 5.41) is 12.1. The number of aromatic nitrogens is 4. The van der Waals surface area contributed by atoms with Gasteiger partial charge in [0.15, 0.2) is 0 Å². The molecule has 9 nitrogen and oxygen atoms in total. The molecule has 1 fully saturated rings. The quantitative estimate of drug-likeness (QED) is 0.218. The lowest BCUT2D eigenvalue weighted by Gasteiger charge is -2.14. The van der Waals surface area contributed by atoms with Gasteiger partial charge in [0.2, 0.25) is 5.95 Å². The first-order valence-corrected chi connectivity index (χ1v) is 12.0. The minimum atomic E-state index is -4.60. The van der Waals surface area contributed by atoms with Crippen LogP contribution in [0.5, 0.6) is 0 Å². The second kappa shape index (κ2) is 10.2. The molecule has 0 unspecified atom stereocenters. The number of imidazole rings is 1. The Morgan fingerprint density at radius 1 is 1.05 bits per heavy atom. The highest BCUT2D eigenvalue weighted by atomic mass is 35.5. The molecule has 0 atom stereocenters. The fourth-order valence-electron chi connectivity index (χ4n) is 3.66. The molecule has 1 saturated carbocycles. The maximum absolute atomic E-state index is 13.3. The van der Waals surface area contributed by atoms with Crippen molar-refractivity contribution < 1.29 is 18.0 Å². The minimum absolute atomic E-state index is 0.149. The zero-order chi connectivity index (χ0) is 26.9. The lowest BCUT2D eigenvalue weighted by atomic mass is 10.1. The minimum Gasteiger partial charge on any atom is -0.388 e. The van der Waals surface area contributed by atoms with Gasteiger partial charge in [0.25, 0.3) is 5.91 Å². The highest BCUT2D eigenvalue weighted by Gasteiger charge is 2.32. The maximum atomic E-state index is 13.3. The lowest BCUT2D eigenvalue weighted by molar-refractivity contribution is -0.137. The third kappa shape index (κ3) is 5.80. The van der Waals surface area contributed by atoms with Gasteiger partial charge in [0, 0.05) is 48.5 Å². The molecule has 0 saturated heterocycles. The molecular weight excluding hydrogens is 521 g/mol. The highest BCUT2D eigenvalue weighted by molar-refractivity contribution is 6.33. The fraction of sp³-hybridized carbons (Fsp3) is 0.200. The summed E-state index contributed by atoms with van der Waals surface area (Å²) in [6.07, 6.45) is 2.38. The SMILES string of the molecule is CNc1cc(C(=O)Nc2ccc(Cl)c(Nc3nccn3-c3cc(NC4CC4)ncn3)c2)cc(C(F)(F)F)c1. The van der Waals surface area contributed by atoms with E-state index < -0.39 is 17.6 Å². The van der Waals surface area contributed by atoms with Gasteiger partial charge in [-0.1, -0.05) is 11.6 Å². The topological polar surface area (TPSA) is 109 Å². The Balaban J connectivity index is 1.36. The van der Waals surface area contributed by atoms with E-state index in [1.54, 1.807) is 41.2 Å². The number of hydrogen-bond acceptors (Lipinski definition) is 7. The normalized spacial score (nSPS) is 13.2. The van der Waals surface area contributed by atoms with Gasteiger partial charge in [-0.2, -0.15) is 13.2 Å². The summed E-state index contributed by atoms with van der Waals surface area (Å²) in [5.74, 6) is 0.978. The molecule has 38 heavy (non-hydrogen) atoms. The van der Waals surface area contributed by atoms with Gasteiger partial charge in [-0.15, -0.1) is 0 Å². The number of amides is 1. The van der Waals surface area contributed by atoms with Gasteiger partial charge in [-0.25, -0.2) is 15.0 Å². The molecule has 13 heteroatoms. The van der Waals surface area contributed by atoms with Crippen molar-refractivity contribution in [1.82, 2.24) is 19.5 Å². The largest absolute Gasteiger partial charge is 0.416 e. The number of alkyl halides is 3. The van der Waals surface area contributed by atoms with E-state index in [2.05, 4.69) is 36.2 Å². The third-order valence-electron chi connectivity index (χ3n) is 5.75. The van der Waals surface area contributed by atoms with Crippen LogP contribution in [0.1, 0.15) is 28.8 Å². The van der Waals surface area contributed by atoms with Gasteiger partial charge in [0.05, 0.1) is 16.3 Å². The zero-order valence-electron chi connectivity index (χ0n) is 20.0. The van der Waals surface area contributed by atoms with Gasteiger partial charge in [-0.05, 0) is 49.2 Å². The van der Waals surface area contributed by atoms with Crippen LogP contribution in [0.15, 0.2) is 61.2 Å². The molecule has 0 bridgehead atoms. The van der Waals surface area contributed by atoms with Crippen molar-refractivity contribution in [3.05, 3.63) is 77.3 Å². The molecule has 1 aliphatic rings. The van der Waals surface area contributed by atoms with Crippen molar-refractivity contribution in [1.29, 1.82) is 0 Å². The third-order valence-corrected chi connectivity index (χ3v) is 6.08. The first-order valence-electron chi connectivity index (χ1n) is 11.6. The molecule has 4 aromatic rings. The van der Waals surface area contributed by atoms with Crippen molar-refractivity contribution in [2.45, 2.75) is 25.1 Å². The summed E-state index contributed by atoms with van der Waals surface area (Å²) < 4.78 is 41.6. The lowest BCUT2D eigenvalue weighted by Crippen LogP contribution is -2.15. The van der Waals surface area contributed by atoms with Gasteiger partial charge in [-0.3, -0.25) is 9.36 Å². The van der Waals surface area contributed by atoms with E-state index in [1.165, 1.54) is 19.4 Å². The molecule has 1 aliphatic carbocycles. The second-order valence-electron chi connectivity index (χ2n) is 8.62. The van der Waals surface area contributed by atoms with Crippen LogP contribution in [0.25, 0.3) is 5.82 Å². The molecule has 2 heterocycles. The molecular formula is C25H22ClF3N8O. The van der Waals surface area contributed by atoms with Crippen LogP contribution < -0.4 is 21.3 Å². The summed E-state index contributed by atoms with van der Waals surface area (Å²) in [7, 11) is 1.48. The molecule has 196 valence electrons. The number of nitrogens with zero attached hydrogens (tertiary/aromatic N) is 4. The van der Waals surface area contributed by atoms with Crippen molar-refractivity contribution >= 4 is 46.3 Å². The molecule has 4 N–H and O–H groups in total. The molecule has 0 spiro atoms. The number of carbonyl (C=O) groups is 1. The Morgan fingerprint density at radius 2 is 1.87 bits per heavy atom. The second-order valence-corrected chi connectivity index (χ2v) is 9.03. The fourth-order valence-corrected chi connectivity index (χ4v) is 3.83. The van der Waals surface area contributed by atoms with Crippen LogP contribution >= 0.6 is 11.6 Å². The molecule has 1 amide bonds. The Kier molecular flexibility index (Phi) is 6.81. The average Bonchev–Trinajstić information content (AvgIpc) is 3.59. The number of nitrogens with one attached hydrogen (secondary N) is 4. The number of rotatable bonds is 8. The van der Waals surface area contributed by atoms with Crippen LogP contribution in [0.4, 0.5) is 42.0 Å². The number of carbonyl (C=O) groups excluding carboxylic acids is 1. The number of hydrogen-bond donors (Lipinski definition) is 4. The Labute approximate surface area is 220 Å². The van der Waals surface area contributed by atoms with E-state index in [0.29, 0.717) is 40.0 Å². The van der Waals surface area contributed by atoms with Gasteiger partial charge in [0.1, 0.15) is 18.0 Å². The Bertz CT molecular complexity index is 1490. The van der Waals surface area contributed by atoms with Crippen molar-refractivity contribution in [2.75, 3.05) is 28.3 Å². The zero-order valence-corrected chi connectivity index (χ0v) is 20.7. The van der Waals surface area contributed by atoms with E-state index in [1.807, 2.05) is 0 Å². The molecule has 0 radical (unpaired) electrons. The smallest absolute Gasteiger partial charge is 0.388 e. The van der Waals surface area contributed by atoms with Crippen molar-refractivity contribution in [3.63, 3.8) is 0 Å². The first kappa shape index (κ1) is 25.3. The first-order chi connectivity index (χ1) is 18.2. The molecule has 2 aromatic carbocycles. The van der Waals surface area contributed by atoms with E-state index >= 15 is 0 Å². The summed E-state index contributed by atoms with van der Waals surface area (Å²) in [4.78, 5) is 25.7. The summed E-state index contributed by atoms with van der Waals surface area (Å²) >= 11 is 6.38. The number of benzene rings is 2. The van der Waals surface area contributed by atoms with E-state index in [9.17, 15) is 18.0 Å². The van der Waals surface area contributed by atoms with Gasteiger partial charge >= 0.3 is 6.18 Å². The maximum Gasteiger partial charge on any atom is 0.416 e. The standard InChI is InChI=1S/C25H22ClF3N8O/c1-30-18-9-14(8-15(10-18)25(27,28)29)23(38)35-17-4-5-19(26)20(11-17)36-24-31-6-7-37(24)22-12-21(32-13-33-22)34-16-2-3-16/h4-13,16,30H,2-3H2,1H3,(H,31,36)(H,35,38)(H,32,33,34). The van der Waals surface area contributed by atoms with Crippen LogP contribution in [0.3, 0.4) is 0 Å². The van der Waals surface area contributed by atoms with Crippen molar-refractivity contribution in [2.24, 2.45) is 0 Å². The summed E-state index contributed by atoms with van der Waals surface area (Å²) in [5.41, 5.74) is -0.178. The Hall–Kier alpha value is -4.32. The highest BCUT2D eigenvalue weighted by Crippen LogP contribution is 2.33.